The first-order chi connectivity index (χ1) is 14.4. The largest absolute Gasteiger partial charge is 0.412 e. The van der Waals surface area contributed by atoms with E-state index < -0.39 is 11.8 Å². The lowest BCUT2D eigenvalue weighted by Gasteiger charge is -2.38. The molecular formula is C22H24N4O4. The summed E-state index contributed by atoms with van der Waals surface area (Å²) in [5.74, 6) is -0.0321. The molecule has 2 aromatic carbocycles. The van der Waals surface area contributed by atoms with Crippen molar-refractivity contribution in [1.29, 1.82) is 0 Å². The van der Waals surface area contributed by atoms with Gasteiger partial charge in [0.2, 0.25) is 0 Å². The predicted molar refractivity (Wildman–Crippen MR) is 110 cm³/mol. The van der Waals surface area contributed by atoms with E-state index in [9.17, 15) is 20.2 Å². The fourth-order valence-corrected chi connectivity index (χ4v) is 4.07. The maximum Gasteiger partial charge on any atom is 0.253 e. The number of carbonyl (C=O) groups is 1. The van der Waals surface area contributed by atoms with Gasteiger partial charge in [0, 0.05) is 37.1 Å². The molecule has 0 bridgehead atoms. The third-order valence-corrected chi connectivity index (χ3v) is 6.15. The van der Waals surface area contributed by atoms with Crippen LogP contribution < -0.4 is 0 Å². The maximum atomic E-state index is 12.9. The molecule has 8 heteroatoms. The first-order valence-electron chi connectivity index (χ1n) is 10.2. The van der Waals surface area contributed by atoms with Crippen molar-refractivity contribution in [1.82, 2.24) is 19.7 Å². The molecular weight excluding hydrogens is 384 g/mol. The topological polar surface area (TPSA) is 102 Å². The van der Waals surface area contributed by atoms with Crippen LogP contribution in [0.5, 0.6) is 0 Å². The van der Waals surface area contributed by atoms with E-state index in [2.05, 4.69) is 5.10 Å². The minimum Gasteiger partial charge on any atom is -0.412 e. The van der Waals surface area contributed by atoms with Crippen LogP contribution in [0, 0.1) is 0 Å². The van der Waals surface area contributed by atoms with Crippen molar-refractivity contribution in [3.8, 4) is 11.1 Å². The first-order valence-corrected chi connectivity index (χ1v) is 10.2. The molecule has 156 valence electrons. The first kappa shape index (κ1) is 19.0. The summed E-state index contributed by atoms with van der Waals surface area (Å²) in [4.78, 5) is 17.3. The van der Waals surface area contributed by atoms with Gasteiger partial charge in [-0.2, -0.15) is 0 Å². The van der Waals surface area contributed by atoms with E-state index >= 15 is 0 Å². The van der Waals surface area contributed by atoms with Crippen molar-refractivity contribution >= 4 is 16.8 Å². The quantitative estimate of drug-likeness (QED) is 0.566. The van der Waals surface area contributed by atoms with E-state index in [0.29, 0.717) is 50.1 Å². The highest BCUT2D eigenvalue weighted by atomic mass is 16.5. The van der Waals surface area contributed by atoms with Crippen molar-refractivity contribution in [2.45, 2.75) is 24.7 Å². The average Bonchev–Trinajstić information content (AvgIpc) is 3.41. The van der Waals surface area contributed by atoms with Gasteiger partial charge in [-0.25, -0.2) is 0 Å². The smallest absolute Gasteiger partial charge is 0.253 e. The number of hydrogen-bond donors (Lipinski definition) is 3. The molecule has 5 rings (SSSR count). The van der Waals surface area contributed by atoms with Gasteiger partial charge >= 0.3 is 0 Å². The van der Waals surface area contributed by atoms with E-state index in [-0.39, 0.29) is 5.91 Å². The van der Waals surface area contributed by atoms with Crippen molar-refractivity contribution in [3.05, 3.63) is 54.2 Å². The van der Waals surface area contributed by atoms with Crippen LogP contribution in [0.2, 0.25) is 0 Å². The fraction of sp³-hybridized carbons (Fsp3) is 0.364. The zero-order valence-electron chi connectivity index (χ0n) is 16.5. The highest BCUT2D eigenvalue weighted by Gasteiger charge is 2.50. The number of amides is 1. The van der Waals surface area contributed by atoms with Crippen LogP contribution in [0.3, 0.4) is 0 Å². The Morgan fingerprint density at radius 3 is 2.33 bits per heavy atom. The van der Waals surface area contributed by atoms with Gasteiger partial charge in [0.15, 0.2) is 0 Å². The predicted octanol–water partition coefficient (Wildman–Crippen LogP) is 1.54. The summed E-state index contributed by atoms with van der Waals surface area (Å²) in [5, 5.41) is 34.7. The number of benzene rings is 2. The molecule has 1 aliphatic carbocycles. The van der Waals surface area contributed by atoms with Gasteiger partial charge in [0.25, 0.3) is 5.91 Å². The van der Waals surface area contributed by atoms with Gasteiger partial charge in [-0.3, -0.25) is 9.69 Å². The summed E-state index contributed by atoms with van der Waals surface area (Å²) in [7, 11) is 0. The van der Waals surface area contributed by atoms with Crippen molar-refractivity contribution in [2.75, 3.05) is 26.2 Å². The number of rotatable bonds is 4. The van der Waals surface area contributed by atoms with Gasteiger partial charge in [-0.15, -0.1) is 9.94 Å². The van der Waals surface area contributed by atoms with Crippen molar-refractivity contribution in [3.63, 3.8) is 0 Å². The normalized spacial score (nSPS) is 19.7. The lowest BCUT2D eigenvalue weighted by atomic mass is 10.0. The molecule has 3 aromatic rings. The molecule has 8 nitrogen and oxygen atoms in total. The Hall–Kier alpha value is -2.94. The standard InChI is InChI=1S/C22H24N4O4/c27-20(24-9-11-25(12-10-24)21(28)22(29)7-8-22)16-3-1-15(2-4-16)17-5-6-18-14-26(30)23-19(18)13-17/h1-6,13-14,21,28-30H,7-12H2. The van der Waals surface area contributed by atoms with Gasteiger partial charge in [0.05, 0.1) is 11.7 Å². The molecule has 3 N–H and O–H groups in total. The second kappa shape index (κ2) is 7.09. The Kier molecular flexibility index (Phi) is 4.50. The minimum absolute atomic E-state index is 0.0321. The molecule has 1 unspecified atom stereocenters. The molecule has 2 aliphatic rings. The number of aliphatic hydroxyl groups excluding tert-OH is 1. The molecule has 1 saturated heterocycles. The number of nitrogens with zero attached hydrogens (tertiary/aromatic N) is 4. The molecule has 0 spiro atoms. The van der Waals surface area contributed by atoms with Gasteiger partial charge in [0.1, 0.15) is 11.8 Å². The molecule has 1 aromatic heterocycles. The summed E-state index contributed by atoms with van der Waals surface area (Å²) in [6, 6.07) is 13.2. The summed E-state index contributed by atoms with van der Waals surface area (Å²) >= 11 is 0. The van der Waals surface area contributed by atoms with Crippen molar-refractivity contribution in [2.24, 2.45) is 0 Å². The summed E-state index contributed by atoms with van der Waals surface area (Å²) in [6.45, 7) is 2.14. The molecule has 1 atom stereocenters. The highest BCUT2D eigenvalue weighted by Crippen LogP contribution is 2.39. The summed E-state index contributed by atoms with van der Waals surface area (Å²) in [5.41, 5.74) is 2.29. The lowest BCUT2D eigenvalue weighted by Crippen LogP contribution is -2.55. The van der Waals surface area contributed by atoms with E-state index in [1.807, 2.05) is 47.4 Å². The van der Waals surface area contributed by atoms with Gasteiger partial charge in [-0.1, -0.05) is 24.3 Å². The second-order valence-electron chi connectivity index (χ2n) is 8.21. The molecule has 1 aliphatic heterocycles. The summed E-state index contributed by atoms with van der Waals surface area (Å²) < 4.78 is 0. The monoisotopic (exact) mass is 408 g/mol. The van der Waals surface area contributed by atoms with E-state index in [0.717, 1.165) is 21.4 Å². The number of hydrogen-bond acceptors (Lipinski definition) is 6. The van der Waals surface area contributed by atoms with Crippen molar-refractivity contribution < 1.29 is 20.2 Å². The van der Waals surface area contributed by atoms with Crippen LogP contribution in [-0.4, -0.2) is 79.1 Å². The second-order valence-corrected chi connectivity index (χ2v) is 8.21. The van der Waals surface area contributed by atoms with Crippen LogP contribution in [0.1, 0.15) is 23.2 Å². The van der Waals surface area contributed by atoms with Crippen LogP contribution in [-0.2, 0) is 0 Å². The molecule has 1 saturated carbocycles. The van der Waals surface area contributed by atoms with E-state index in [4.69, 9.17) is 0 Å². The van der Waals surface area contributed by atoms with Gasteiger partial charge in [-0.05, 0) is 42.2 Å². The fourth-order valence-electron chi connectivity index (χ4n) is 4.07. The Bertz CT molecular complexity index is 1080. The molecule has 2 heterocycles. The average molecular weight is 408 g/mol. The van der Waals surface area contributed by atoms with E-state index in [1.54, 1.807) is 11.1 Å². The number of piperazine rings is 1. The van der Waals surface area contributed by atoms with Crippen LogP contribution in [0.25, 0.3) is 22.0 Å². The minimum atomic E-state index is -0.958. The Labute approximate surface area is 173 Å². The SMILES string of the molecule is O=C(c1ccc(-c2ccc3cn(O)nc3c2)cc1)N1CCN(C(O)C2(O)CC2)CC1. The van der Waals surface area contributed by atoms with Gasteiger partial charge < -0.3 is 20.3 Å². The third kappa shape index (κ3) is 3.43. The highest BCUT2D eigenvalue weighted by molar-refractivity contribution is 5.95. The zero-order chi connectivity index (χ0) is 20.9. The molecule has 2 fully saturated rings. The number of aliphatic hydroxyl groups is 2. The maximum absolute atomic E-state index is 12.9. The van der Waals surface area contributed by atoms with Crippen LogP contribution in [0.15, 0.2) is 48.7 Å². The van der Waals surface area contributed by atoms with Crippen LogP contribution in [0.4, 0.5) is 0 Å². The zero-order valence-corrected chi connectivity index (χ0v) is 16.5. The van der Waals surface area contributed by atoms with Crippen LogP contribution >= 0.6 is 0 Å². The number of fused-ring (bicyclic) bond motifs is 1. The Morgan fingerprint density at radius 1 is 1.00 bits per heavy atom. The van der Waals surface area contributed by atoms with E-state index in [1.165, 1.54) is 0 Å². The Balaban J connectivity index is 1.25. The molecule has 30 heavy (non-hydrogen) atoms. The molecule has 0 radical (unpaired) electrons. The lowest BCUT2D eigenvalue weighted by molar-refractivity contribution is -0.108. The Morgan fingerprint density at radius 2 is 1.67 bits per heavy atom. The number of aromatic nitrogens is 2. The molecule has 1 amide bonds. The number of carbonyl (C=O) groups excluding carboxylic acids is 1. The third-order valence-electron chi connectivity index (χ3n) is 6.15. The summed E-state index contributed by atoms with van der Waals surface area (Å²) in [6.07, 6.45) is 1.97.